The maximum atomic E-state index is 12.8. The van der Waals surface area contributed by atoms with E-state index in [9.17, 15) is 9.59 Å². The number of hydrogen-bond acceptors (Lipinski definition) is 4. The maximum absolute atomic E-state index is 12.8. The van der Waals surface area contributed by atoms with E-state index >= 15 is 0 Å². The third-order valence-corrected chi connectivity index (χ3v) is 6.23. The van der Waals surface area contributed by atoms with Crippen LogP contribution in [0, 0.1) is 6.92 Å². The number of carbonyl (C=O) groups is 2. The van der Waals surface area contributed by atoms with E-state index in [1.807, 2.05) is 10.3 Å². The molecule has 0 bridgehead atoms. The van der Waals surface area contributed by atoms with Crippen LogP contribution in [-0.4, -0.2) is 39.3 Å². The molecule has 2 fully saturated rings. The van der Waals surface area contributed by atoms with Crippen molar-refractivity contribution in [3.63, 3.8) is 0 Å². The van der Waals surface area contributed by atoms with E-state index in [1.165, 1.54) is 17.3 Å². The number of nitrogens with zero attached hydrogens (tertiary/aromatic N) is 2. The molecular formula is C18H18N2O2S2. The average Bonchev–Trinajstić information content (AvgIpc) is 3.23. The Morgan fingerprint density at radius 3 is 2.54 bits per heavy atom. The molecule has 3 heterocycles. The molecule has 0 N–H and O–H groups in total. The van der Waals surface area contributed by atoms with Gasteiger partial charge in [0.05, 0.1) is 6.04 Å². The van der Waals surface area contributed by atoms with Crippen molar-refractivity contribution >= 4 is 34.2 Å². The summed E-state index contributed by atoms with van der Waals surface area (Å²) >= 11 is 2.94. The fraction of sp³-hybridized carbons (Fsp3) is 0.333. The minimum atomic E-state index is -0.340. The summed E-state index contributed by atoms with van der Waals surface area (Å²) < 4.78 is 0. The number of benzene rings is 1. The van der Waals surface area contributed by atoms with E-state index in [2.05, 4.69) is 42.6 Å². The van der Waals surface area contributed by atoms with E-state index < -0.39 is 0 Å². The van der Waals surface area contributed by atoms with Crippen molar-refractivity contribution in [1.29, 1.82) is 0 Å². The molecule has 1 aromatic heterocycles. The second-order valence-electron chi connectivity index (χ2n) is 6.21. The van der Waals surface area contributed by atoms with E-state index in [1.54, 1.807) is 16.2 Å². The molecule has 4 rings (SSSR count). The predicted molar refractivity (Wildman–Crippen MR) is 97.1 cm³/mol. The Kier molecular flexibility index (Phi) is 4.10. The number of aryl methyl sites for hydroxylation is 1. The zero-order valence-corrected chi connectivity index (χ0v) is 15.0. The van der Waals surface area contributed by atoms with Gasteiger partial charge in [0.25, 0.3) is 5.24 Å². The molecule has 4 nitrogen and oxygen atoms in total. The smallest absolute Gasteiger partial charge is 0.282 e. The fourth-order valence-electron chi connectivity index (χ4n) is 3.36. The number of amides is 2. The number of carbonyl (C=O) groups excluding carboxylic acids is 2. The normalized spacial score (nSPS) is 23.7. The summed E-state index contributed by atoms with van der Waals surface area (Å²) in [6.45, 7) is 3.31. The largest absolute Gasteiger partial charge is 0.327 e. The first-order valence-corrected chi connectivity index (χ1v) is 9.89. The molecular weight excluding hydrogens is 340 g/mol. The minimum absolute atomic E-state index is 0.0311. The van der Waals surface area contributed by atoms with Crippen molar-refractivity contribution in [2.75, 3.05) is 12.3 Å². The van der Waals surface area contributed by atoms with Gasteiger partial charge in [-0.1, -0.05) is 41.6 Å². The summed E-state index contributed by atoms with van der Waals surface area (Å²) in [5, 5.41) is 4.14. The standard InChI is InChI=1S/C18H18N2O2S2/c1-12-2-4-13(5-3-12)10-20-15(14-6-8-23-11-14)16(17(20)21)19-7-9-24-18(19)22/h2-6,8,11,15-16H,7,9-10H2,1H3. The third-order valence-electron chi connectivity index (χ3n) is 4.66. The Bertz CT molecular complexity index is 758. The maximum Gasteiger partial charge on any atom is 0.282 e. The van der Waals surface area contributed by atoms with Crippen LogP contribution in [0.4, 0.5) is 4.79 Å². The average molecular weight is 358 g/mol. The van der Waals surface area contributed by atoms with Gasteiger partial charge in [0.15, 0.2) is 0 Å². The van der Waals surface area contributed by atoms with Gasteiger partial charge in [-0.3, -0.25) is 9.59 Å². The summed E-state index contributed by atoms with van der Waals surface area (Å²) in [6, 6.07) is 9.95. The lowest BCUT2D eigenvalue weighted by atomic mass is 9.88. The van der Waals surface area contributed by atoms with Crippen LogP contribution >= 0.6 is 23.1 Å². The molecule has 0 spiro atoms. The third kappa shape index (κ3) is 2.63. The topological polar surface area (TPSA) is 40.6 Å². The van der Waals surface area contributed by atoms with E-state index in [0.29, 0.717) is 13.1 Å². The fourth-order valence-corrected chi connectivity index (χ4v) is 4.89. The lowest BCUT2D eigenvalue weighted by molar-refractivity contribution is -0.158. The number of β-lactam (4-membered cyclic amide) rings is 1. The summed E-state index contributed by atoms with van der Waals surface area (Å²) in [5.41, 5.74) is 3.46. The summed E-state index contributed by atoms with van der Waals surface area (Å²) in [5.74, 6) is 0.833. The van der Waals surface area contributed by atoms with Crippen molar-refractivity contribution in [3.8, 4) is 0 Å². The zero-order valence-electron chi connectivity index (χ0n) is 13.3. The summed E-state index contributed by atoms with van der Waals surface area (Å²) in [7, 11) is 0. The van der Waals surface area contributed by atoms with Crippen LogP contribution in [0.2, 0.25) is 0 Å². The minimum Gasteiger partial charge on any atom is -0.327 e. The Morgan fingerprint density at radius 2 is 1.92 bits per heavy atom. The summed E-state index contributed by atoms with van der Waals surface area (Å²) in [6.07, 6.45) is 0. The van der Waals surface area contributed by atoms with Crippen LogP contribution in [0.5, 0.6) is 0 Å². The Balaban J connectivity index is 1.60. The Hall–Kier alpha value is -1.79. The highest BCUT2D eigenvalue weighted by Gasteiger charge is 2.53. The molecule has 2 aliphatic heterocycles. The number of rotatable bonds is 4. The van der Waals surface area contributed by atoms with Crippen LogP contribution in [0.1, 0.15) is 22.7 Å². The van der Waals surface area contributed by atoms with Gasteiger partial charge in [-0.05, 0) is 34.9 Å². The Morgan fingerprint density at radius 1 is 1.12 bits per heavy atom. The number of hydrogen-bond donors (Lipinski definition) is 0. The first-order chi connectivity index (χ1) is 11.6. The van der Waals surface area contributed by atoms with Crippen molar-refractivity contribution in [1.82, 2.24) is 9.80 Å². The highest BCUT2D eigenvalue weighted by molar-refractivity contribution is 8.13. The van der Waals surface area contributed by atoms with Gasteiger partial charge in [-0.15, -0.1) is 0 Å². The van der Waals surface area contributed by atoms with Crippen LogP contribution in [0.15, 0.2) is 41.1 Å². The van der Waals surface area contributed by atoms with Gasteiger partial charge in [-0.25, -0.2) is 0 Å². The second-order valence-corrected chi connectivity index (χ2v) is 8.03. The molecule has 2 unspecified atom stereocenters. The van der Waals surface area contributed by atoms with Gasteiger partial charge in [0.1, 0.15) is 6.04 Å². The molecule has 1 aromatic carbocycles. The van der Waals surface area contributed by atoms with Crippen LogP contribution in [0.3, 0.4) is 0 Å². The quantitative estimate of drug-likeness (QED) is 0.783. The molecule has 2 aliphatic rings. The number of thiophene rings is 1. The van der Waals surface area contributed by atoms with Gasteiger partial charge >= 0.3 is 0 Å². The van der Waals surface area contributed by atoms with Gasteiger partial charge in [0, 0.05) is 18.8 Å². The number of likely N-dealkylation sites (tertiary alicyclic amines) is 1. The molecule has 24 heavy (non-hydrogen) atoms. The van der Waals surface area contributed by atoms with Crippen LogP contribution < -0.4 is 0 Å². The second kappa shape index (κ2) is 6.26. The molecule has 0 saturated carbocycles. The molecule has 2 amide bonds. The highest BCUT2D eigenvalue weighted by Crippen LogP contribution is 2.42. The van der Waals surface area contributed by atoms with E-state index in [-0.39, 0.29) is 23.2 Å². The molecule has 0 radical (unpaired) electrons. The highest BCUT2D eigenvalue weighted by atomic mass is 32.2. The Labute approximate surface area is 149 Å². The lowest BCUT2D eigenvalue weighted by Gasteiger charge is -2.50. The van der Waals surface area contributed by atoms with Crippen molar-refractivity contribution in [3.05, 3.63) is 57.8 Å². The first kappa shape index (κ1) is 15.7. The lowest BCUT2D eigenvalue weighted by Crippen LogP contribution is -2.65. The predicted octanol–water partition coefficient (Wildman–Crippen LogP) is 3.68. The van der Waals surface area contributed by atoms with Gasteiger partial charge in [0.2, 0.25) is 5.91 Å². The molecule has 2 atom stereocenters. The molecule has 124 valence electrons. The zero-order chi connectivity index (χ0) is 16.7. The molecule has 0 aliphatic carbocycles. The van der Waals surface area contributed by atoms with Crippen molar-refractivity contribution in [2.24, 2.45) is 0 Å². The van der Waals surface area contributed by atoms with Crippen LogP contribution in [0.25, 0.3) is 0 Å². The van der Waals surface area contributed by atoms with Gasteiger partial charge < -0.3 is 9.80 Å². The molecule has 2 aromatic rings. The SMILES string of the molecule is Cc1ccc(CN2C(=O)C(N3CCSC3=O)C2c2ccsc2)cc1. The monoisotopic (exact) mass is 358 g/mol. The van der Waals surface area contributed by atoms with E-state index in [4.69, 9.17) is 0 Å². The molecule has 2 saturated heterocycles. The van der Waals surface area contributed by atoms with E-state index in [0.717, 1.165) is 16.9 Å². The van der Waals surface area contributed by atoms with Crippen LogP contribution in [-0.2, 0) is 11.3 Å². The molecule has 6 heteroatoms. The van der Waals surface area contributed by atoms with Crippen molar-refractivity contribution in [2.45, 2.75) is 25.6 Å². The van der Waals surface area contributed by atoms with Gasteiger partial charge in [-0.2, -0.15) is 11.3 Å². The number of thioether (sulfide) groups is 1. The van der Waals surface area contributed by atoms with Crippen molar-refractivity contribution < 1.29 is 9.59 Å². The summed E-state index contributed by atoms with van der Waals surface area (Å²) in [4.78, 5) is 28.5. The first-order valence-electron chi connectivity index (χ1n) is 7.96.